The lowest BCUT2D eigenvalue weighted by atomic mass is 9.82. The van der Waals surface area contributed by atoms with Gasteiger partial charge in [0, 0.05) is 59.0 Å². The molecule has 1 aliphatic rings. The molecule has 0 unspecified atom stereocenters. The first kappa shape index (κ1) is 38.5. The van der Waals surface area contributed by atoms with Gasteiger partial charge in [0.05, 0.1) is 16.7 Å². The Morgan fingerprint density at radius 1 is 0.379 bits per heavy atom. The Labute approximate surface area is 388 Å². The Kier molecular flexibility index (Phi) is 8.78. The maximum atomic E-state index is 2.47. The van der Waals surface area contributed by atoms with E-state index in [0.717, 1.165) is 17.1 Å². The number of para-hydroxylation sites is 2. The first-order valence-corrected chi connectivity index (χ1v) is 23.7. The van der Waals surface area contributed by atoms with E-state index in [2.05, 4.69) is 254 Å². The van der Waals surface area contributed by atoms with Crippen LogP contribution in [0.5, 0.6) is 0 Å². The van der Waals surface area contributed by atoms with Crippen LogP contribution in [0, 0.1) is 0 Å². The van der Waals surface area contributed by atoms with Crippen LogP contribution in [0.15, 0.2) is 231 Å². The maximum absolute atomic E-state index is 2.47. The van der Waals surface area contributed by atoms with Crippen LogP contribution < -0.4 is 4.90 Å². The lowest BCUT2D eigenvalue weighted by Crippen LogP contribution is -2.16. The third-order valence-electron chi connectivity index (χ3n) is 14.0. The predicted octanol–water partition coefficient (Wildman–Crippen LogP) is 17.9. The van der Waals surface area contributed by atoms with E-state index in [4.69, 9.17) is 0 Å². The Balaban J connectivity index is 0.957. The molecule has 312 valence electrons. The molecule has 66 heavy (non-hydrogen) atoms. The van der Waals surface area contributed by atoms with Gasteiger partial charge in [-0.2, -0.15) is 0 Å². The van der Waals surface area contributed by atoms with Crippen molar-refractivity contribution >= 4 is 70.4 Å². The average Bonchev–Trinajstić information content (AvgIpc) is 4.01. The number of thiophene rings is 1. The number of benzene rings is 10. The van der Waals surface area contributed by atoms with E-state index in [9.17, 15) is 0 Å². The highest BCUT2D eigenvalue weighted by Crippen LogP contribution is 2.54. The van der Waals surface area contributed by atoms with Gasteiger partial charge in [-0.25, -0.2) is 0 Å². The Bertz CT molecular complexity index is 3820. The molecule has 13 rings (SSSR count). The van der Waals surface area contributed by atoms with Gasteiger partial charge < -0.3 is 9.47 Å². The molecule has 2 aromatic heterocycles. The van der Waals surface area contributed by atoms with Crippen molar-refractivity contribution in [2.45, 2.75) is 19.3 Å². The molecule has 12 aromatic rings. The number of aromatic nitrogens is 1. The molecular formula is C63H44N2S. The SMILES string of the molecule is CC1(C)c2ccccc2-c2c(N(c3ccc(-c4cccc5c4sc4c(-c6ccccc6)cccc45)cc3)c3ccc(-c4cccc5c4c4ccccc4n5-c4ccccc4)cc3)cccc21. The fourth-order valence-electron chi connectivity index (χ4n) is 10.9. The highest BCUT2D eigenvalue weighted by molar-refractivity contribution is 7.26. The van der Waals surface area contributed by atoms with E-state index in [1.165, 1.54) is 103 Å². The van der Waals surface area contributed by atoms with E-state index < -0.39 is 0 Å². The van der Waals surface area contributed by atoms with E-state index in [-0.39, 0.29) is 5.41 Å². The zero-order valence-corrected chi connectivity index (χ0v) is 37.6. The Morgan fingerprint density at radius 3 is 1.56 bits per heavy atom. The number of nitrogens with zero attached hydrogens (tertiary/aromatic N) is 2. The average molecular weight is 861 g/mol. The molecule has 0 spiro atoms. The normalized spacial score (nSPS) is 12.8. The molecule has 0 aliphatic heterocycles. The number of anilines is 3. The van der Waals surface area contributed by atoms with Gasteiger partial charge >= 0.3 is 0 Å². The van der Waals surface area contributed by atoms with Crippen molar-refractivity contribution in [1.82, 2.24) is 4.57 Å². The summed E-state index contributed by atoms with van der Waals surface area (Å²) in [4.78, 5) is 2.47. The zero-order valence-electron chi connectivity index (χ0n) is 36.7. The second-order valence-electron chi connectivity index (χ2n) is 18.0. The summed E-state index contributed by atoms with van der Waals surface area (Å²) in [5.74, 6) is 0. The molecule has 0 atom stereocenters. The number of fused-ring (bicyclic) bond motifs is 9. The van der Waals surface area contributed by atoms with Gasteiger partial charge in [-0.05, 0) is 105 Å². The van der Waals surface area contributed by atoms with Crippen molar-refractivity contribution in [2.24, 2.45) is 0 Å². The predicted molar refractivity (Wildman–Crippen MR) is 282 cm³/mol. The summed E-state index contributed by atoms with van der Waals surface area (Å²) in [7, 11) is 0. The minimum atomic E-state index is -0.123. The lowest BCUT2D eigenvalue weighted by Gasteiger charge is -2.29. The number of hydrogen-bond donors (Lipinski definition) is 0. The van der Waals surface area contributed by atoms with Gasteiger partial charge in [0.1, 0.15) is 0 Å². The quantitative estimate of drug-likeness (QED) is 0.155. The first-order chi connectivity index (χ1) is 32.5. The van der Waals surface area contributed by atoms with Crippen LogP contribution in [0.1, 0.15) is 25.0 Å². The van der Waals surface area contributed by atoms with Gasteiger partial charge in [-0.1, -0.05) is 190 Å². The summed E-state index contributed by atoms with van der Waals surface area (Å²) in [5, 5.41) is 5.13. The van der Waals surface area contributed by atoms with E-state index in [0.29, 0.717) is 0 Å². The van der Waals surface area contributed by atoms with Crippen LogP contribution in [0.3, 0.4) is 0 Å². The van der Waals surface area contributed by atoms with Crippen LogP contribution in [-0.4, -0.2) is 4.57 Å². The van der Waals surface area contributed by atoms with Gasteiger partial charge in [-0.3, -0.25) is 0 Å². The molecular weight excluding hydrogens is 817 g/mol. The molecule has 0 fully saturated rings. The van der Waals surface area contributed by atoms with Crippen molar-refractivity contribution < 1.29 is 0 Å². The van der Waals surface area contributed by atoms with Crippen LogP contribution >= 0.6 is 11.3 Å². The molecule has 2 nitrogen and oxygen atoms in total. The molecule has 1 aliphatic carbocycles. The second kappa shape index (κ2) is 15.1. The van der Waals surface area contributed by atoms with E-state index in [1.807, 2.05) is 11.3 Å². The molecule has 0 saturated carbocycles. The van der Waals surface area contributed by atoms with Gasteiger partial charge in [-0.15, -0.1) is 11.3 Å². The van der Waals surface area contributed by atoms with Gasteiger partial charge in [0.25, 0.3) is 0 Å². The summed E-state index contributed by atoms with van der Waals surface area (Å²) in [6, 6.07) is 84.9. The van der Waals surface area contributed by atoms with Crippen molar-refractivity contribution in [1.29, 1.82) is 0 Å². The minimum absolute atomic E-state index is 0.123. The summed E-state index contributed by atoms with van der Waals surface area (Å²) >= 11 is 1.90. The van der Waals surface area contributed by atoms with Crippen molar-refractivity contribution in [2.75, 3.05) is 4.90 Å². The third-order valence-corrected chi connectivity index (χ3v) is 15.3. The molecule has 0 N–H and O–H groups in total. The first-order valence-electron chi connectivity index (χ1n) is 22.8. The van der Waals surface area contributed by atoms with E-state index >= 15 is 0 Å². The van der Waals surface area contributed by atoms with Gasteiger partial charge in [0.2, 0.25) is 0 Å². The molecule has 0 radical (unpaired) electrons. The van der Waals surface area contributed by atoms with E-state index in [1.54, 1.807) is 0 Å². The smallest absolute Gasteiger partial charge is 0.0547 e. The molecule has 2 heterocycles. The molecule has 0 amide bonds. The number of hydrogen-bond acceptors (Lipinski definition) is 2. The Morgan fingerprint density at radius 2 is 0.864 bits per heavy atom. The topological polar surface area (TPSA) is 8.17 Å². The van der Waals surface area contributed by atoms with Gasteiger partial charge in [0.15, 0.2) is 0 Å². The summed E-state index contributed by atoms with van der Waals surface area (Å²) in [6.07, 6.45) is 0. The summed E-state index contributed by atoms with van der Waals surface area (Å²) in [5.41, 5.74) is 19.6. The highest BCUT2D eigenvalue weighted by Gasteiger charge is 2.37. The largest absolute Gasteiger partial charge is 0.310 e. The maximum Gasteiger partial charge on any atom is 0.0547 e. The molecule has 0 saturated heterocycles. The van der Waals surface area contributed by atoms with Crippen molar-refractivity contribution in [3.8, 4) is 50.2 Å². The summed E-state index contributed by atoms with van der Waals surface area (Å²) in [6.45, 7) is 4.73. The minimum Gasteiger partial charge on any atom is -0.310 e. The Hall–Kier alpha value is -7.98. The van der Waals surface area contributed by atoms with Crippen molar-refractivity contribution in [3.05, 3.63) is 242 Å². The number of rotatable bonds is 7. The highest BCUT2D eigenvalue weighted by atomic mass is 32.1. The monoisotopic (exact) mass is 860 g/mol. The van der Waals surface area contributed by atoms with Crippen LogP contribution in [0.25, 0.3) is 92.2 Å². The van der Waals surface area contributed by atoms with Crippen molar-refractivity contribution in [3.63, 3.8) is 0 Å². The fourth-order valence-corrected chi connectivity index (χ4v) is 12.3. The molecule has 10 aromatic carbocycles. The third kappa shape index (κ3) is 5.87. The molecule has 0 bridgehead atoms. The van der Waals surface area contributed by atoms with Crippen LogP contribution in [0.4, 0.5) is 17.1 Å². The lowest BCUT2D eigenvalue weighted by molar-refractivity contribution is 0.660. The van der Waals surface area contributed by atoms with Crippen LogP contribution in [-0.2, 0) is 5.41 Å². The van der Waals surface area contributed by atoms with Crippen LogP contribution in [0.2, 0.25) is 0 Å². The molecule has 3 heteroatoms. The fraction of sp³-hybridized carbons (Fsp3) is 0.0476. The standard InChI is InChI=1S/C63H44N2S/c1-63(2)54-28-11-9-21-52(54)60-55(63)29-16-32-58(60)64(45-37-33-42(34-38-45)47-23-15-31-57-59(47)53-22-10-12-30-56(53)65(57)44-19-7-4-8-20-44)46-39-35-43(36-40-46)49-25-14-27-51-50-26-13-24-48(61(50)66-62(49)51)41-17-5-3-6-18-41/h3-40H,1-2H3. The summed E-state index contributed by atoms with van der Waals surface area (Å²) < 4.78 is 5.04. The second-order valence-corrected chi connectivity index (χ2v) is 19.0. The zero-order chi connectivity index (χ0) is 43.9.